The molecule has 4 rings (SSSR count). The molecule has 1 aliphatic heterocycles. The molecule has 2 aromatic rings. The molecule has 0 atom stereocenters. The van der Waals surface area contributed by atoms with E-state index in [1.165, 1.54) is 37.1 Å². The van der Waals surface area contributed by atoms with E-state index in [0.29, 0.717) is 31.3 Å². The van der Waals surface area contributed by atoms with Gasteiger partial charge in [0.2, 0.25) is 0 Å². The lowest BCUT2D eigenvalue weighted by Crippen LogP contribution is -2.18. The molecular weight excluding hydrogens is 374 g/mol. The summed E-state index contributed by atoms with van der Waals surface area (Å²) in [6.07, 6.45) is 5.74. The van der Waals surface area contributed by atoms with Crippen LogP contribution in [0.2, 0.25) is 0 Å². The second kappa shape index (κ2) is 9.27. The quantitative estimate of drug-likeness (QED) is 0.672. The van der Waals surface area contributed by atoms with Gasteiger partial charge in [-0.05, 0) is 49.1 Å². The number of aromatic nitrogens is 2. The van der Waals surface area contributed by atoms with Crippen LogP contribution in [0.3, 0.4) is 0 Å². The fourth-order valence-corrected chi connectivity index (χ4v) is 4.17. The Balaban J connectivity index is 1.53. The van der Waals surface area contributed by atoms with Gasteiger partial charge in [0.15, 0.2) is 0 Å². The SMILES string of the molecule is CCCCOc1nc(N)c2c(n1)C(Cc1ccc(CN3CCCC3)cc1)=C(C#N)C2. The van der Waals surface area contributed by atoms with E-state index in [0.717, 1.165) is 41.8 Å². The van der Waals surface area contributed by atoms with Crippen molar-refractivity contribution in [3.05, 3.63) is 52.2 Å². The van der Waals surface area contributed by atoms with Crippen LogP contribution >= 0.6 is 0 Å². The van der Waals surface area contributed by atoms with Gasteiger partial charge in [0.25, 0.3) is 0 Å². The lowest BCUT2D eigenvalue weighted by Gasteiger charge is -2.15. The first-order chi connectivity index (χ1) is 14.7. The summed E-state index contributed by atoms with van der Waals surface area (Å²) in [4.78, 5) is 11.4. The molecule has 0 radical (unpaired) electrons. The number of hydrogen-bond donors (Lipinski definition) is 1. The Morgan fingerprint density at radius 3 is 2.57 bits per heavy atom. The third kappa shape index (κ3) is 4.47. The fraction of sp³-hybridized carbons (Fsp3) is 0.458. The van der Waals surface area contributed by atoms with Gasteiger partial charge < -0.3 is 10.5 Å². The zero-order chi connectivity index (χ0) is 20.9. The average molecular weight is 404 g/mol. The first-order valence-electron chi connectivity index (χ1n) is 10.9. The van der Waals surface area contributed by atoms with E-state index in [1.807, 2.05) is 0 Å². The van der Waals surface area contributed by atoms with Gasteiger partial charge in [0.05, 0.1) is 18.4 Å². The Bertz CT molecular complexity index is 968. The van der Waals surface area contributed by atoms with Crippen molar-refractivity contribution in [1.29, 1.82) is 5.26 Å². The molecule has 30 heavy (non-hydrogen) atoms. The number of likely N-dealkylation sites (tertiary alicyclic amines) is 1. The third-order valence-corrected chi connectivity index (χ3v) is 5.90. The number of unbranched alkanes of at least 4 members (excludes halogenated alkanes) is 1. The van der Waals surface area contributed by atoms with Gasteiger partial charge in [-0.3, -0.25) is 4.90 Å². The Morgan fingerprint density at radius 2 is 1.87 bits per heavy atom. The van der Waals surface area contributed by atoms with Crippen molar-refractivity contribution < 1.29 is 4.74 Å². The van der Waals surface area contributed by atoms with Crippen molar-refractivity contribution in [2.24, 2.45) is 0 Å². The number of hydrogen-bond acceptors (Lipinski definition) is 6. The number of allylic oxidation sites excluding steroid dienone is 2. The van der Waals surface area contributed by atoms with Crippen LogP contribution in [0.5, 0.6) is 6.01 Å². The largest absolute Gasteiger partial charge is 0.463 e. The summed E-state index contributed by atoms with van der Waals surface area (Å²) >= 11 is 0. The van der Waals surface area contributed by atoms with Crippen LogP contribution in [0, 0.1) is 11.3 Å². The smallest absolute Gasteiger partial charge is 0.318 e. The van der Waals surface area contributed by atoms with Gasteiger partial charge in [-0.15, -0.1) is 0 Å². The Hall–Kier alpha value is -2.91. The summed E-state index contributed by atoms with van der Waals surface area (Å²) in [6, 6.07) is 11.4. The monoisotopic (exact) mass is 403 g/mol. The molecule has 1 saturated heterocycles. The van der Waals surface area contributed by atoms with E-state index >= 15 is 0 Å². The predicted octanol–water partition coefficient (Wildman–Crippen LogP) is 3.91. The topological polar surface area (TPSA) is 88.1 Å². The lowest BCUT2D eigenvalue weighted by atomic mass is 10.00. The Labute approximate surface area is 178 Å². The summed E-state index contributed by atoms with van der Waals surface area (Å²) in [5.74, 6) is 0.412. The molecule has 0 amide bonds. The summed E-state index contributed by atoms with van der Waals surface area (Å²) < 4.78 is 5.69. The van der Waals surface area contributed by atoms with Gasteiger partial charge in [0.1, 0.15) is 5.82 Å². The summed E-state index contributed by atoms with van der Waals surface area (Å²) in [5, 5.41) is 9.69. The zero-order valence-corrected chi connectivity index (χ0v) is 17.7. The molecule has 2 heterocycles. The van der Waals surface area contributed by atoms with Crippen molar-refractivity contribution in [2.75, 3.05) is 25.4 Å². The molecule has 1 aliphatic carbocycles. The van der Waals surface area contributed by atoms with E-state index in [1.54, 1.807) is 0 Å². The Morgan fingerprint density at radius 1 is 1.13 bits per heavy atom. The first-order valence-corrected chi connectivity index (χ1v) is 10.9. The van der Waals surface area contributed by atoms with E-state index < -0.39 is 0 Å². The van der Waals surface area contributed by atoms with E-state index in [4.69, 9.17) is 10.5 Å². The molecule has 2 N–H and O–H groups in total. The minimum absolute atomic E-state index is 0.303. The van der Waals surface area contributed by atoms with Crippen molar-refractivity contribution in [3.8, 4) is 12.1 Å². The van der Waals surface area contributed by atoms with Crippen molar-refractivity contribution >= 4 is 11.4 Å². The van der Waals surface area contributed by atoms with Crippen LogP contribution < -0.4 is 10.5 Å². The average Bonchev–Trinajstić information content (AvgIpc) is 3.38. The summed E-state index contributed by atoms with van der Waals surface area (Å²) in [6.45, 7) is 6.08. The fourth-order valence-electron chi connectivity index (χ4n) is 4.17. The molecule has 0 spiro atoms. The highest BCUT2D eigenvalue weighted by Crippen LogP contribution is 2.37. The number of fused-ring (bicyclic) bond motifs is 1. The first kappa shape index (κ1) is 20.4. The van der Waals surface area contributed by atoms with Gasteiger partial charge in [-0.1, -0.05) is 37.6 Å². The van der Waals surface area contributed by atoms with Gasteiger partial charge in [0, 0.05) is 30.5 Å². The zero-order valence-electron chi connectivity index (χ0n) is 17.7. The van der Waals surface area contributed by atoms with Gasteiger partial charge in [-0.25, -0.2) is 0 Å². The molecule has 0 unspecified atom stereocenters. The standard InChI is InChI=1S/C24H29N5O/c1-2-3-12-30-24-27-22-20(19(15-25)14-21(22)23(26)28-24)13-17-6-8-18(9-7-17)16-29-10-4-5-11-29/h6-9H,2-5,10-14,16H2,1H3,(H2,26,27,28). The highest BCUT2D eigenvalue weighted by Gasteiger charge is 2.27. The summed E-state index contributed by atoms with van der Waals surface area (Å²) in [7, 11) is 0. The van der Waals surface area contributed by atoms with Crippen LogP contribution in [0.25, 0.3) is 5.57 Å². The predicted molar refractivity (Wildman–Crippen MR) is 118 cm³/mol. The number of anilines is 1. The van der Waals surface area contributed by atoms with Crippen LogP contribution in [0.4, 0.5) is 5.82 Å². The molecule has 0 bridgehead atoms. The molecule has 6 heteroatoms. The minimum Gasteiger partial charge on any atom is -0.463 e. The number of benzene rings is 1. The minimum atomic E-state index is 0.303. The number of nitrogens with zero attached hydrogens (tertiary/aromatic N) is 4. The molecule has 2 aliphatic rings. The number of nitrogens with two attached hydrogens (primary N) is 1. The molecule has 1 fully saturated rings. The van der Waals surface area contributed by atoms with E-state index in [2.05, 4.69) is 52.1 Å². The molecular formula is C24H29N5O. The number of nitrogen functional groups attached to an aromatic ring is 1. The Kier molecular flexibility index (Phi) is 6.29. The van der Waals surface area contributed by atoms with Crippen molar-refractivity contribution in [3.63, 3.8) is 0 Å². The third-order valence-electron chi connectivity index (χ3n) is 5.90. The highest BCUT2D eigenvalue weighted by atomic mass is 16.5. The maximum Gasteiger partial charge on any atom is 0.318 e. The molecule has 1 aromatic heterocycles. The number of nitriles is 1. The molecule has 0 saturated carbocycles. The highest BCUT2D eigenvalue weighted by molar-refractivity contribution is 5.81. The van der Waals surface area contributed by atoms with Gasteiger partial charge >= 0.3 is 6.01 Å². The van der Waals surface area contributed by atoms with Crippen LogP contribution in [0.1, 0.15) is 55.0 Å². The van der Waals surface area contributed by atoms with E-state index in [-0.39, 0.29) is 0 Å². The van der Waals surface area contributed by atoms with Crippen molar-refractivity contribution in [1.82, 2.24) is 14.9 Å². The van der Waals surface area contributed by atoms with Gasteiger partial charge in [-0.2, -0.15) is 15.2 Å². The van der Waals surface area contributed by atoms with E-state index in [9.17, 15) is 5.26 Å². The lowest BCUT2D eigenvalue weighted by molar-refractivity contribution is 0.285. The number of ether oxygens (including phenoxy) is 1. The number of rotatable bonds is 8. The van der Waals surface area contributed by atoms with Crippen LogP contribution in [-0.4, -0.2) is 34.6 Å². The molecule has 156 valence electrons. The van der Waals surface area contributed by atoms with Crippen LogP contribution in [0.15, 0.2) is 29.8 Å². The maximum atomic E-state index is 9.69. The summed E-state index contributed by atoms with van der Waals surface area (Å²) in [5.41, 5.74) is 11.9. The normalized spacial score (nSPS) is 16.0. The molecule has 1 aromatic carbocycles. The second-order valence-corrected chi connectivity index (χ2v) is 8.14. The second-order valence-electron chi connectivity index (χ2n) is 8.14. The maximum absolute atomic E-state index is 9.69. The van der Waals surface area contributed by atoms with Crippen molar-refractivity contribution in [2.45, 2.75) is 52.0 Å². The van der Waals surface area contributed by atoms with Crippen LogP contribution in [-0.2, 0) is 19.4 Å². The molecule has 6 nitrogen and oxygen atoms in total.